The number of halogens is 1. The van der Waals surface area contributed by atoms with Gasteiger partial charge in [0.1, 0.15) is 0 Å². The molecule has 1 aliphatic rings. The molecule has 3 unspecified atom stereocenters. The first kappa shape index (κ1) is 17.7. The number of nitrogens with one attached hydrogen (secondary N) is 1. The van der Waals surface area contributed by atoms with Crippen molar-refractivity contribution in [2.24, 2.45) is 5.92 Å². The van der Waals surface area contributed by atoms with Gasteiger partial charge in [-0.05, 0) is 42.5 Å². The molecule has 0 amide bonds. The fourth-order valence-corrected chi connectivity index (χ4v) is 4.94. The highest BCUT2D eigenvalue weighted by atomic mass is 35.5. The Morgan fingerprint density at radius 3 is 2.41 bits per heavy atom. The molecule has 2 rings (SSSR count). The Hall–Kier alpha value is -0.620. The maximum absolute atomic E-state index is 11.5. The van der Waals surface area contributed by atoms with Gasteiger partial charge < -0.3 is 10.4 Å². The average Bonchev–Trinajstić information content (AvgIpc) is 2.68. The molecule has 0 bridgehead atoms. The van der Waals surface area contributed by atoms with Crippen LogP contribution in [0.25, 0.3) is 0 Å². The third-order valence-corrected chi connectivity index (χ3v) is 6.26. The molecule has 22 heavy (non-hydrogen) atoms. The van der Waals surface area contributed by atoms with Crippen LogP contribution < -0.4 is 5.32 Å². The Morgan fingerprint density at radius 2 is 1.91 bits per heavy atom. The second-order valence-electron chi connectivity index (χ2n) is 6.40. The lowest BCUT2D eigenvalue weighted by molar-refractivity contribution is 0.165. The Kier molecular flexibility index (Phi) is 5.88. The number of sulfone groups is 1. The zero-order valence-electron chi connectivity index (χ0n) is 13.0. The largest absolute Gasteiger partial charge is 0.390 e. The highest BCUT2D eigenvalue weighted by Gasteiger charge is 2.35. The van der Waals surface area contributed by atoms with Crippen molar-refractivity contribution in [1.29, 1.82) is 0 Å². The standard InChI is InChI=1S/C16H24ClNO3S/c1-11(2)14(12-3-5-13(17)6-4-12)7-8-18-15-9-22(20,21)10-16(15)19/h3-6,11,14-16,18-19H,7-10H2,1-2H3. The molecule has 1 aromatic rings. The van der Waals surface area contributed by atoms with E-state index in [1.54, 1.807) is 0 Å². The zero-order valence-corrected chi connectivity index (χ0v) is 14.6. The van der Waals surface area contributed by atoms with Crippen molar-refractivity contribution in [3.05, 3.63) is 34.9 Å². The Balaban J connectivity index is 1.92. The maximum atomic E-state index is 11.5. The Labute approximate surface area is 137 Å². The van der Waals surface area contributed by atoms with Crippen LogP contribution in [0.15, 0.2) is 24.3 Å². The minimum Gasteiger partial charge on any atom is -0.390 e. The van der Waals surface area contributed by atoms with Crippen molar-refractivity contribution in [3.63, 3.8) is 0 Å². The average molecular weight is 346 g/mol. The first-order valence-electron chi connectivity index (χ1n) is 7.66. The summed E-state index contributed by atoms with van der Waals surface area (Å²) in [7, 11) is -3.10. The van der Waals surface area contributed by atoms with Gasteiger partial charge in [0.15, 0.2) is 9.84 Å². The van der Waals surface area contributed by atoms with Gasteiger partial charge >= 0.3 is 0 Å². The molecule has 0 aromatic heterocycles. The molecule has 1 aliphatic heterocycles. The predicted molar refractivity (Wildman–Crippen MR) is 90.1 cm³/mol. The summed E-state index contributed by atoms with van der Waals surface area (Å²) < 4.78 is 23.0. The second kappa shape index (κ2) is 7.30. The fraction of sp³-hybridized carbons (Fsp3) is 0.625. The first-order valence-corrected chi connectivity index (χ1v) is 9.86. The molecule has 1 heterocycles. The van der Waals surface area contributed by atoms with Crippen LogP contribution in [0.3, 0.4) is 0 Å². The zero-order chi connectivity index (χ0) is 16.3. The van der Waals surface area contributed by atoms with Crippen LogP contribution in [-0.2, 0) is 9.84 Å². The van der Waals surface area contributed by atoms with Gasteiger partial charge in [0.2, 0.25) is 0 Å². The summed E-state index contributed by atoms with van der Waals surface area (Å²) in [5.41, 5.74) is 1.24. The first-order chi connectivity index (χ1) is 10.3. The van der Waals surface area contributed by atoms with E-state index in [0.29, 0.717) is 18.4 Å². The molecule has 0 saturated carbocycles. The van der Waals surface area contributed by atoms with Crippen molar-refractivity contribution in [2.45, 2.75) is 38.3 Å². The van der Waals surface area contributed by atoms with Crippen molar-refractivity contribution in [1.82, 2.24) is 5.32 Å². The molecule has 1 aromatic carbocycles. The van der Waals surface area contributed by atoms with Gasteiger partial charge in [0.25, 0.3) is 0 Å². The van der Waals surface area contributed by atoms with E-state index >= 15 is 0 Å². The summed E-state index contributed by atoms with van der Waals surface area (Å²) in [4.78, 5) is 0. The molecular formula is C16H24ClNO3S. The molecule has 2 N–H and O–H groups in total. The van der Waals surface area contributed by atoms with Crippen LogP contribution in [0.1, 0.15) is 31.7 Å². The van der Waals surface area contributed by atoms with E-state index in [0.717, 1.165) is 11.4 Å². The summed E-state index contributed by atoms with van der Waals surface area (Å²) >= 11 is 5.93. The summed E-state index contributed by atoms with van der Waals surface area (Å²) in [6, 6.07) is 7.53. The molecule has 0 radical (unpaired) electrons. The van der Waals surface area contributed by atoms with E-state index in [9.17, 15) is 13.5 Å². The SMILES string of the molecule is CC(C)C(CCNC1CS(=O)(=O)CC1O)c1ccc(Cl)cc1. The van der Waals surface area contributed by atoms with E-state index in [4.69, 9.17) is 11.6 Å². The van der Waals surface area contributed by atoms with Gasteiger partial charge in [-0.2, -0.15) is 0 Å². The predicted octanol–water partition coefficient (Wildman–Crippen LogP) is 2.22. The molecule has 4 nitrogen and oxygen atoms in total. The summed E-state index contributed by atoms with van der Waals surface area (Å²) in [6.45, 7) is 5.03. The van der Waals surface area contributed by atoms with Gasteiger partial charge in [-0.1, -0.05) is 37.6 Å². The number of benzene rings is 1. The maximum Gasteiger partial charge on any atom is 0.154 e. The van der Waals surface area contributed by atoms with Gasteiger partial charge in [-0.25, -0.2) is 8.42 Å². The number of hydrogen-bond acceptors (Lipinski definition) is 4. The second-order valence-corrected chi connectivity index (χ2v) is 8.99. The molecule has 1 saturated heterocycles. The molecule has 6 heteroatoms. The molecule has 124 valence electrons. The monoisotopic (exact) mass is 345 g/mol. The quantitative estimate of drug-likeness (QED) is 0.829. The molecule has 1 fully saturated rings. The summed E-state index contributed by atoms with van der Waals surface area (Å²) in [5.74, 6) is 0.747. The molecule has 0 spiro atoms. The van der Waals surface area contributed by atoms with Gasteiger partial charge in [0, 0.05) is 11.1 Å². The topological polar surface area (TPSA) is 66.4 Å². The minimum atomic E-state index is -3.10. The van der Waals surface area contributed by atoms with Gasteiger partial charge in [-0.15, -0.1) is 0 Å². The van der Waals surface area contributed by atoms with Crippen LogP contribution in [0, 0.1) is 5.92 Å². The lowest BCUT2D eigenvalue weighted by Gasteiger charge is -2.23. The van der Waals surface area contributed by atoms with Crippen LogP contribution in [0.5, 0.6) is 0 Å². The van der Waals surface area contributed by atoms with Crippen molar-refractivity contribution in [3.8, 4) is 0 Å². The van der Waals surface area contributed by atoms with Crippen LogP contribution in [0.4, 0.5) is 0 Å². The number of hydrogen-bond donors (Lipinski definition) is 2. The van der Waals surface area contributed by atoms with Crippen LogP contribution in [-0.4, -0.2) is 43.7 Å². The smallest absolute Gasteiger partial charge is 0.154 e. The van der Waals surface area contributed by atoms with Gasteiger partial charge in [-0.3, -0.25) is 0 Å². The van der Waals surface area contributed by atoms with Crippen molar-refractivity contribution >= 4 is 21.4 Å². The highest BCUT2D eigenvalue weighted by Crippen LogP contribution is 2.28. The lowest BCUT2D eigenvalue weighted by Crippen LogP contribution is -2.39. The third-order valence-electron chi connectivity index (χ3n) is 4.29. The Bertz CT molecular complexity index is 586. The fourth-order valence-electron chi connectivity index (χ4n) is 3.04. The highest BCUT2D eigenvalue weighted by molar-refractivity contribution is 7.91. The normalized spacial score (nSPS) is 25.5. The van der Waals surface area contributed by atoms with Crippen molar-refractivity contribution in [2.75, 3.05) is 18.1 Å². The molecule has 0 aliphatic carbocycles. The number of rotatable bonds is 6. The molecular weight excluding hydrogens is 322 g/mol. The Morgan fingerprint density at radius 1 is 1.27 bits per heavy atom. The van der Waals surface area contributed by atoms with E-state index in [1.165, 1.54) is 5.56 Å². The summed E-state index contributed by atoms with van der Waals surface area (Å²) in [6.07, 6.45) is 0.0979. The van der Waals surface area contributed by atoms with E-state index in [2.05, 4.69) is 19.2 Å². The van der Waals surface area contributed by atoms with E-state index in [-0.39, 0.29) is 17.5 Å². The van der Waals surface area contributed by atoms with Crippen molar-refractivity contribution < 1.29 is 13.5 Å². The minimum absolute atomic E-state index is 0.0292. The lowest BCUT2D eigenvalue weighted by atomic mass is 9.86. The van der Waals surface area contributed by atoms with Crippen LogP contribution in [0.2, 0.25) is 5.02 Å². The number of aliphatic hydroxyl groups is 1. The number of aliphatic hydroxyl groups excluding tert-OH is 1. The third kappa shape index (κ3) is 4.69. The molecule has 3 atom stereocenters. The van der Waals surface area contributed by atoms with E-state index in [1.807, 2.05) is 24.3 Å². The van der Waals surface area contributed by atoms with Crippen LogP contribution >= 0.6 is 11.6 Å². The summed E-state index contributed by atoms with van der Waals surface area (Å²) in [5, 5.41) is 13.7. The van der Waals surface area contributed by atoms with Gasteiger partial charge in [0.05, 0.1) is 17.6 Å². The van der Waals surface area contributed by atoms with E-state index < -0.39 is 15.9 Å².